The number of hydrogen-bond acceptors (Lipinski definition) is 3. The van der Waals surface area contributed by atoms with Crippen LogP contribution in [0.3, 0.4) is 0 Å². The maximum Gasteiger partial charge on any atom is 0.469 e. The summed E-state index contributed by atoms with van der Waals surface area (Å²) >= 11 is 0. The first-order valence-electron chi connectivity index (χ1n) is 7.11. The topological polar surface area (TPSA) is 70.0 Å². The van der Waals surface area contributed by atoms with E-state index in [0.29, 0.717) is 24.4 Å². The number of nitrogens with zero attached hydrogens (tertiary/aromatic N) is 1. The molecule has 1 rings (SSSR count). The smallest absolute Gasteiger partial charge is 0.303 e. The Kier molecular flexibility index (Phi) is 6.48. The molecule has 0 heterocycles. The molecule has 0 radical (unpaired) electrons. The Hall–Kier alpha value is 0.0700. The minimum atomic E-state index is -4.34. The molecular formula is C13H28NO4P. The average molecular weight is 293 g/mol. The molecule has 0 aliphatic heterocycles. The molecule has 0 spiro atoms. The first kappa shape index (κ1) is 17.1. The fourth-order valence-electron chi connectivity index (χ4n) is 3.13. The van der Waals surface area contributed by atoms with Crippen LogP contribution in [-0.4, -0.2) is 40.9 Å². The van der Waals surface area contributed by atoms with Crippen LogP contribution in [0.25, 0.3) is 0 Å². The summed E-state index contributed by atoms with van der Waals surface area (Å²) in [5.41, 5.74) is 0. The molecule has 0 amide bonds. The van der Waals surface area contributed by atoms with Crippen LogP contribution < -0.4 is 0 Å². The number of rotatable bonds is 6. The van der Waals surface area contributed by atoms with Crippen LogP contribution in [-0.2, 0) is 9.09 Å². The summed E-state index contributed by atoms with van der Waals surface area (Å²) in [6.07, 6.45) is 3.69. The second kappa shape index (κ2) is 7.19. The molecule has 1 fully saturated rings. The van der Waals surface area contributed by atoms with Gasteiger partial charge in [0, 0.05) is 12.6 Å². The van der Waals surface area contributed by atoms with Crippen LogP contribution in [0.4, 0.5) is 0 Å². The lowest BCUT2D eigenvalue weighted by Crippen LogP contribution is -2.45. The van der Waals surface area contributed by atoms with Crippen molar-refractivity contribution in [3.63, 3.8) is 0 Å². The van der Waals surface area contributed by atoms with Crippen molar-refractivity contribution in [1.29, 1.82) is 0 Å². The first-order chi connectivity index (χ1) is 8.70. The second-order valence-electron chi connectivity index (χ2n) is 6.20. The summed E-state index contributed by atoms with van der Waals surface area (Å²) in [5, 5.41) is 0. The Bertz CT molecular complexity index is 318. The van der Waals surface area contributed by atoms with Crippen molar-refractivity contribution in [2.24, 2.45) is 17.8 Å². The summed E-state index contributed by atoms with van der Waals surface area (Å²) in [6, 6.07) is 0.490. The van der Waals surface area contributed by atoms with Crippen LogP contribution in [0.15, 0.2) is 0 Å². The van der Waals surface area contributed by atoms with E-state index in [4.69, 9.17) is 9.79 Å². The minimum absolute atomic E-state index is 0.0798. The van der Waals surface area contributed by atoms with Gasteiger partial charge in [0.2, 0.25) is 0 Å². The van der Waals surface area contributed by atoms with E-state index in [0.717, 1.165) is 12.3 Å². The molecule has 3 atom stereocenters. The molecule has 1 aliphatic carbocycles. The molecule has 1 aliphatic rings. The van der Waals surface area contributed by atoms with Gasteiger partial charge in [0.05, 0.1) is 6.61 Å². The zero-order valence-electron chi connectivity index (χ0n) is 12.5. The third kappa shape index (κ3) is 5.92. The van der Waals surface area contributed by atoms with Gasteiger partial charge in [-0.05, 0) is 37.6 Å². The van der Waals surface area contributed by atoms with E-state index < -0.39 is 7.82 Å². The molecule has 0 saturated heterocycles. The van der Waals surface area contributed by atoms with Crippen LogP contribution >= 0.6 is 7.82 Å². The highest BCUT2D eigenvalue weighted by molar-refractivity contribution is 7.46. The third-order valence-corrected chi connectivity index (χ3v) is 4.78. The lowest BCUT2D eigenvalue weighted by Gasteiger charge is -2.42. The molecule has 0 aromatic carbocycles. The zero-order chi connectivity index (χ0) is 14.6. The van der Waals surface area contributed by atoms with Crippen molar-refractivity contribution < 1.29 is 18.9 Å². The summed E-state index contributed by atoms with van der Waals surface area (Å²) in [7, 11) is -2.31. The molecule has 3 unspecified atom stereocenters. The molecule has 1 saturated carbocycles. The van der Waals surface area contributed by atoms with Crippen molar-refractivity contribution in [2.75, 3.05) is 20.2 Å². The first-order valence-corrected chi connectivity index (χ1v) is 8.64. The van der Waals surface area contributed by atoms with E-state index in [1.165, 1.54) is 12.8 Å². The Balaban J connectivity index is 2.51. The van der Waals surface area contributed by atoms with Gasteiger partial charge in [0.1, 0.15) is 0 Å². The van der Waals surface area contributed by atoms with E-state index >= 15 is 0 Å². The van der Waals surface area contributed by atoms with Gasteiger partial charge >= 0.3 is 7.82 Å². The summed E-state index contributed by atoms with van der Waals surface area (Å²) in [5.74, 6) is 2.03. The van der Waals surface area contributed by atoms with Gasteiger partial charge in [-0.25, -0.2) is 4.57 Å². The molecule has 0 bridgehead atoms. The SMILES string of the molecule is CC1CCC(C(C)C)C(N(C)CCOP(=O)(O)O)C1. The van der Waals surface area contributed by atoms with Gasteiger partial charge < -0.3 is 14.7 Å². The quantitative estimate of drug-likeness (QED) is 0.736. The standard InChI is InChI=1S/C13H28NO4P/c1-10(2)12-6-5-11(3)9-13(12)14(4)7-8-18-19(15,16)17/h10-13H,5-9H2,1-4H3,(H2,15,16,17). The largest absolute Gasteiger partial charge is 0.469 e. The maximum atomic E-state index is 10.7. The van der Waals surface area contributed by atoms with Gasteiger partial charge in [-0.2, -0.15) is 0 Å². The molecule has 6 heteroatoms. The van der Waals surface area contributed by atoms with Crippen molar-refractivity contribution in [3.8, 4) is 0 Å². The van der Waals surface area contributed by atoms with Gasteiger partial charge in [-0.1, -0.05) is 27.2 Å². The van der Waals surface area contributed by atoms with Gasteiger partial charge in [0.15, 0.2) is 0 Å². The summed E-state index contributed by atoms with van der Waals surface area (Å²) in [6.45, 7) is 7.44. The van der Waals surface area contributed by atoms with Crippen LogP contribution in [0, 0.1) is 17.8 Å². The fraction of sp³-hybridized carbons (Fsp3) is 1.00. The van der Waals surface area contributed by atoms with E-state index in [2.05, 4.69) is 30.2 Å². The van der Waals surface area contributed by atoms with Crippen LogP contribution in [0.5, 0.6) is 0 Å². The number of likely N-dealkylation sites (N-methyl/N-ethyl adjacent to an activating group) is 1. The van der Waals surface area contributed by atoms with Gasteiger partial charge in [0.25, 0.3) is 0 Å². The number of phosphoric ester groups is 1. The Morgan fingerprint density at radius 2 is 2.00 bits per heavy atom. The lowest BCUT2D eigenvalue weighted by atomic mass is 9.73. The molecule has 5 nitrogen and oxygen atoms in total. The van der Waals surface area contributed by atoms with Crippen LogP contribution in [0.2, 0.25) is 0 Å². The van der Waals surface area contributed by atoms with E-state index in [-0.39, 0.29) is 6.61 Å². The molecule has 0 aromatic heterocycles. The van der Waals surface area contributed by atoms with Crippen molar-refractivity contribution in [1.82, 2.24) is 4.90 Å². The van der Waals surface area contributed by atoms with E-state index in [1.54, 1.807) is 0 Å². The van der Waals surface area contributed by atoms with E-state index in [9.17, 15) is 4.57 Å². The summed E-state index contributed by atoms with van der Waals surface area (Å²) in [4.78, 5) is 19.6. The predicted octanol–water partition coefficient (Wildman–Crippen LogP) is 2.49. The van der Waals surface area contributed by atoms with Crippen molar-refractivity contribution in [2.45, 2.75) is 46.1 Å². The Morgan fingerprint density at radius 3 is 2.53 bits per heavy atom. The lowest BCUT2D eigenvalue weighted by molar-refractivity contribution is 0.0640. The average Bonchev–Trinajstić information content (AvgIpc) is 2.26. The highest BCUT2D eigenvalue weighted by atomic mass is 31.2. The maximum absolute atomic E-state index is 10.7. The molecule has 2 N–H and O–H groups in total. The van der Waals surface area contributed by atoms with Crippen molar-refractivity contribution in [3.05, 3.63) is 0 Å². The molecule has 19 heavy (non-hydrogen) atoms. The normalized spacial score (nSPS) is 29.2. The minimum Gasteiger partial charge on any atom is -0.303 e. The Labute approximate surface area is 116 Å². The fourth-order valence-corrected chi connectivity index (χ4v) is 3.45. The van der Waals surface area contributed by atoms with Gasteiger partial charge in [-0.15, -0.1) is 0 Å². The third-order valence-electron chi connectivity index (χ3n) is 4.26. The highest BCUT2D eigenvalue weighted by Gasteiger charge is 2.33. The van der Waals surface area contributed by atoms with Crippen LogP contribution in [0.1, 0.15) is 40.0 Å². The monoisotopic (exact) mass is 293 g/mol. The highest BCUT2D eigenvalue weighted by Crippen LogP contribution is 2.37. The number of phosphoric acid groups is 1. The Morgan fingerprint density at radius 1 is 1.37 bits per heavy atom. The predicted molar refractivity (Wildman–Crippen MR) is 75.8 cm³/mol. The van der Waals surface area contributed by atoms with E-state index in [1.807, 2.05) is 7.05 Å². The number of hydrogen-bond donors (Lipinski definition) is 2. The summed E-state index contributed by atoms with van der Waals surface area (Å²) < 4.78 is 15.2. The molecular weight excluding hydrogens is 265 g/mol. The second-order valence-corrected chi connectivity index (χ2v) is 7.44. The van der Waals surface area contributed by atoms with Crippen molar-refractivity contribution >= 4 is 7.82 Å². The molecule has 114 valence electrons. The molecule has 0 aromatic rings. The zero-order valence-corrected chi connectivity index (χ0v) is 13.3. The van der Waals surface area contributed by atoms with Gasteiger partial charge in [-0.3, -0.25) is 4.52 Å².